The van der Waals surface area contributed by atoms with Crippen LogP contribution in [0.2, 0.25) is 0 Å². The van der Waals surface area contributed by atoms with Crippen LogP contribution in [0.3, 0.4) is 0 Å². The molecule has 0 radical (unpaired) electrons. The third-order valence-corrected chi connectivity index (χ3v) is 6.72. The second-order valence-electron chi connectivity index (χ2n) is 7.49. The van der Waals surface area contributed by atoms with Crippen molar-refractivity contribution in [2.24, 2.45) is 0 Å². The SMILES string of the molecule is C[C@@H]1Cc2cc(C(O)=C3C(=O)C(=O)N(c4nccs4)[C@@H]3c3ccc(Br)cc3)ccc2O1. The Morgan fingerprint density at radius 1 is 1.23 bits per heavy atom. The molecule has 0 unspecified atom stereocenters. The summed E-state index contributed by atoms with van der Waals surface area (Å²) in [5, 5.41) is 13.4. The van der Waals surface area contributed by atoms with Gasteiger partial charge in [0.1, 0.15) is 17.6 Å². The maximum atomic E-state index is 13.1. The third-order valence-electron chi connectivity index (χ3n) is 5.42. The molecule has 2 aliphatic heterocycles. The molecule has 156 valence electrons. The highest BCUT2D eigenvalue weighted by Crippen LogP contribution is 2.43. The van der Waals surface area contributed by atoms with Crippen LogP contribution in [0.1, 0.15) is 29.7 Å². The number of Topliss-reactive ketones (excluding diaryl/α,β-unsaturated/α-hetero) is 1. The van der Waals surface area contributed by atoms with Gasteiger partial charge < -0.3 is 9.84 Å². The van der Waals surface area contributed by atoms with Gasteiger partial charge in [0.25, 0.3) is 5.78 Å². The molecular formula is C23H17BrN2O4S. The number of nitrogens with zero attached hydrogens (tertiary/aromatic N) is 2. The normalized spacial score (nSPS) is 21.9. The minimum Gasteiger partial charge on any atom is -0.507 e. The van der Waals surface area contributed by atoms with Crippen LogP contribution in [0.4, 0.5) is 5.13 Å². The van der Waals surface area contributed by atoms with Gasteiger partial charge in [0.05, 0.1) is 11.6 Å². The number of benzene rings is 2. The Morgan fingerprint density at radius 2 is 2.00 bits per heavy atom. The third kappa shape index (κ3) is 3.36. The summed E-state index contributed by atoms with van der Waals surface area (Å²) in [4.78, 5) is 31.7. The lowest BCUT2D eigenvalue weighted by Crippen LogP contribution is -2.29. The fourth-order valence-electron chi connectivity index (χ4n) is 4.05. The second kappa shape index (κ2) is 7.62. The van der Waals surface area contributed by atoms with Gasteiger partial charge in [-0.3, -0.25) is 14.5 Å². The molecule has 2 aliphatic rings. The van der Waals surface area contributed by atoms with E-state index in [0.29, 0.717) is 16.3 Å². The fraction of sp³-hybridized carbons (Fsp3) is 0.174. The molecule has 5 rings (SSSR count). The van der Waals surface area contributed by atoms with Crippen LogP contribution in [0.25, 0.3) is 5.76 Å². The van der Waals surface area contributed by atoms with Gasteiger partial charge in [0, 0.05) is 28.0 Å². The number of aliphatic hydroxyl groups is 1. The minimum atomic E-state index is -0.775. The summed E-state index contributed by atoms with van der Waals surface area (Å²) >= 11 is 4.68. The van der Waals surface area contributed by atoms with Crippen LogP contribution in [-0.4, -0.2) is 27.9 Å². The molecule has 0 saturated carbocycles. The van der Waals surface area contributed by atoms with Crippen LogP contribution in [0.5, 0.6) is 5.75 Å². The van der Waals surface area contributed by atoms with Crippen LogP contribution in [0.15, 0.2) is 64.1 Å². The number of hydrogen-bond acceptors (Lipinski definition) is 6. The number of amides is 1. The zero-order valence-corrected chi connectivity index (χ0v) is 18.8. The smallest absolute Gasteiger partial charge is 0.301 e. The number of thiazole rings is 1. The van der Waals surface area contributed by atoms with Crippen molar-refractivity contribution in [3.63, 3.8) is 0 Å². The number of fused-ring (bicyclic) bond motifs is 1. The number of aliphatic hydroxyl groups excluding tert-OH is 1. The van der Waals surface area contributed by atoms with Gasteiger partial charge in [-0.25, -0.2) is 4.98 Å². The quantitative estimate of drug-likeness (QED) is 0.318. The van der Waals surface area contributed by atoms with Crippen molar-refractivity contribution in [3.8, 4) is 5.75 Å². The van der Waals surface area contributed by atoms with Gasteiger partial charge in [-0.05, 0) is 48.4 Å². The predicted octanol–water partition coefficient (Wildman–Crippen LogP) is 4.86. The van der Waals surface area contributed by atoms with E-state index in [0.717, 1.165) is 22.2 Å². The van der Waals surface area contributed by atoms with E-state index < -0.39 is 17.7 Å². The number of aromatic nitrogens is 1. The number of anilines is 1. The molecule has 1 fully saturated rings. The summed E-state index contributed by atoms with van der Waals surface area (Å²) in [5.74, 6) is -0.863. The lowest BCUT2D eigenvalue weighted by molar-refractivity contribution is -0.132. The highest BCUT2D eigenvalue weighted by atomic mass is 79.9. The number of hydrogen-bond donors (Lipinski definition) is 1. The molecule has 2 atom stereocenters. The van der Waals surface area contributed by atoms with Crippen molar-refractivity contribution >= 4 is 49.8 Å². The first-order valence-electron chi connectivity index (χ1n) is 9.70. The maximum absolute atomic E-state index is 13.1. The molecule has 8 heteroatoms. The largest absolute Gasteiger partial charge is 0.507 e. The summed E-state index contributed by atoms with van der Waals surface area (Å²) < 4.78 is 6.61. The molecule has 0 bridgehead atoms. The van der Waals surface area contributed by atoms with E-state index >= 15 is 0 Å². The first kappa shape index (κ1) is 20.0. The van der Waals surface area contributed by atoms with Gasteiger partial charge in [-0.2, -0.15) is 0 Å². The molecule has 0 aliphatic carbocycles. The summed E-state index contributed by atoms with van der Waals surface area (Å²) in [6.45, 7) is 1.98. The van der Waals surface area contributed by atoms with Gasteiger partial charge >= 0.3 is 5.91 Å². The van der Waals surface area contributed by atoms with Gasteiger partial charge in [0.15, 0.2) is 5.13 Å². The second-order valence-corrected chi connectivity index (χ2v) is 9.28. The average Bonchev–Trinajstić information content (AvgIpc) is 3.46. The molecule has 3 heterocycles. The van der Waals surface area contributed by atoms with E-state index in [1.54, 1.807) is 23.7 Å². The zero-order chi connectivity index (χ0) is 21.7. The molecular weight excluding hydrogens is 480 g/mol. The Balaban J connectivity index is 1.68. The molecule has 1 amide bonds. The summed E-state index contributed by atoms with van der Waals surface area (Å²) in [5.41, 5.74) is 2.20. The highest BCUT2D eigenvalue weighted by molar-refractivity contribution is 9.10. The molecule has 1 N–H and O–H groups in total. The van der Waals surface area contributed by atoms with Crippen molar-refractivity contribution in [2.45, 2.75) is 25.5 Å². The molecule has 1 aromatic heterocycles. The molecule has 0 spiro atoms. The van der Waals surface area contributed by atoms with Gasteiger partial charge in [0.2, 0.25) is 0 Å². The highest BCUT2D eigenvalue weighted by Gasteiger charge is 2.48. The van der Waals surface area contributed by atoms with Gasteiger partial charge in [-0.1, -0.05) is 28.1 Å². The topological polar surface area (TPSA) is 79.7 Å². The van der Waals surface area contributed by atoms with E-state index in [1.165, 1.54) is 16.2 Å². The van der Waals surface area contributed by atoms with Crippen molar-refractivity contribution in [3.05, 3.63) is 80.8 Å². The molecule has 2 aromatic carbocycles. The standard InChI is InChI=1S/C23H17BrN2O4S/c1-12-10-15-11-14(4-7-17(15)30-12)20(27)18-19(13-2-5-16(24)6-3-13)26(22(29)21(18)28)23-25-8-9-31-23/h2-9,11-12,19,27H,10H2,1H3/t12-,19-/m1/s1. The first-order valence-corrected chi connectivity index (χ1v) is 11.4. The Bertz CT molecular complexity index is 1220. The van der Waals surface area contributed by atoms with Gasteiger partial charge in [-0.15, -0.1) is 11.3 Å². The summed E-state index contributed by atoms with van der Waals surface area (Å²) in [7, 11) is 0. The van der Waals surface area contributed by atoms with Crippen molar-refractivity contribution in [1.29, 1.82) is 0 Å². The number of rotatable bonds is 3. The van der Waals surface area contributed by atoms with E-state index in [1.807, 2.05) is 37.3 Å². The lowest BCUT2D eigenvalue weighted by Gasteiger charge is -2.23. The van der Waals surface area contributed by atoms with E-state index in [9.17, 15) is 14.7 Å². The Hall–Kier alpha value is -2.97. The summed E-state index contributed by atoms with van der Waals surface area (Å²) in [6.07, 6.45) is 2.37. The van der Waals surface area contributed by atoms with Crippen molar-refractivity contribution in [2.75, 3.05) is 4.90 Å². The molecule has 31 heavy (non-hydrogen) atoms. The molecule has 1 saturated heterocycles. The van der Waals surface area contributed by atoms with Crippen LogP contribution in [-0.2, 0) is 16.0 Å². The Labute approximate surface area is 190 Å². The summed E-state index contributed by atoms with van der Waals surface area (Å²) in [6, 6.07) is 11.9. The van der Waals surface area contributed by atoms with Crippen LogP contribution < -0.4 is 9.64 Å². The van der Waals surface area contributed by atoms with E-state index in [4.69, 9.17) is 4.74 Å². The fourth-order valence-corrected chi connectivity index (χ4v) is 4.98. The van der Waals surface area contributed by atoms with Crippen molar-refractivity contribution in [1.82, 2.24) is 4.98 Å². The number of halogens is 1. The van der Waals surface area contributed by atoms with Crippen molar-refractivity contribution < 1.29 is 19.4 Å². The Kier molecular flexibility index (Phi) is 4.91. The number of ketones is 1. The number of carbonyl (C=O) groups is 2. The average molecular weight is 497 g/mol. The maximum Gasteiger partial charge on any atom is 0.301 e. The van der Waals surface area contributed by atoms with Crippen LogP contribution >= 0.6 is 27.3 Å². The Morgan fingerprint density at radius 3 is 2.71 bits per heavy atom. The minimum absolute atomic E-state index is 0.0504. The monoisotopic (exact) mass is 496 g/mol. The van der Waals surface area contributed by atoms with E-state index in [2.05, 4.69) is 20.9 Å². The molecule has 6 nitrogen and oxygen atoms in total. The zero-order valence-electron chi connectivity index (χ0n) is 16.4. The first-order chi connectivity index (χ1) is 14.9. The van der Waals surface area contributed by atoms with Crippen LogP contribution in [0, 0.1) is 0 Å². The lowest BCUT2D eigenvalue weighted by atomic mass is 9.94. The number of ether oxygens (including phenoxy) is 1. The molecule has 3 aromatic rings. The number of carbonyl (C=O) groups excluding carboxylic acids is 2. The predicted molar refractivity (Wildman–Crippen MR) is 121 cm³/mol. The van der Waals surface area contributed by atoms with E-state index in [-0.39, 0.29) is 17.4 Å².